The van der Waals surface area contributed by atoms with E-state index < -0.39 is 11.8 Å². The highest BCUT2D eigenvalue weighted by Gasteiger charge is 2.36. The highest BCUT2D eigenvalue weighted by Crippen LogP contribution is 2.42. The fourth-order valence-corrected chi connectivity index (χ4v) is 6.66. The topological polar surface area (TPSA) is 80.1 Å². The fraction of sp³-hybridized carbons (Fsp3) is 0. The Kier molecular flexibility index (Phi) is 4.78. The minimum absolute atomic E-state index is 0.314. The number of carbonyl (C=O) groups is 2. The molecule has 1 aliphatic rings. The molecule has 7 nitrogen and oxygen atoms in total. The molecule has 0 bridgehead atoms. The number of benzene rings is 6. The van der Waals surface area contributed by atoms with Crippen molar-refractivity contribution < 1.29 is 9.59 Å². The number of fused-ring (bicyclic) bond motifs is 8. The van der Waals surface area contributed by atoms with Crippen LogP contribution >= 0.6 is 0 Å². The van der Waals surface area contributed by atoms with E-state index in [1.165, 1.54) is 0 Å². The molecule has 0 unspecified atom stereocenters. The Morgan fingerprint density at radius 2 is 0.674 bits per heavy atom. The van der Waals surface area contributed by atoms with Gasteiger partial charge in [-0.1, -0.05) is 97.1 Å². The standard InChI is InChI=1S/C36H23N5O2/c42-35-31-32(36(43)37-35)34(39-41-29-19-9-5-13-23(29)24-14-6-10-20-30(24)41)26-16-2-1-15-25(26)33(31)38-40-27-17-7-3-11-21(27)22-12-4-8-18-28(22)40/h1-20,38-39H,(H,37,42,43). The Morgan fingerprint density at radius 1 is 0.395 bits per heavy atom. The summed E-state index contributed by atoms with van der Waals surface area (Å²) in [6.07, 6.45) is 0. The molecule has 1 aliphatic heterocycles. The van der Waals surface area contributed by atoms with Gasteiger partial charge in [0.25, 0.3) is 11.8 Å². The molecule has 0 saturated carbocycles. The molecule has 7 heteroatoms. The van der Waals surface area contributed by atoms with Crippen LogP contribution in [0.1, 0.15) is 20.7 Å². The molecule has 8 aromatic rings. The van der Waals surface area contributed by atoms with Gasteiger partial charge in [-0.15, -0.1) is 0 Å². The molecule has 204 valence electrons. The summed E-state index contributed by atoms with van der Waals surface area (Å²) in [5.41, 5.74) is 12.8. The first kappa shape index (κ1) is 23.6. The predicted octanol–water partition coefficient (Wildman–Crippen LogP) is 7.69. The Bertz CT molecular complexity index is 2210. The third-order valence-electron chi connectivity index (χ3n) is 8.50. The van der Waals surface area contributed by atoms with E-state index in [0.29, 0.717) is 22.5 Å². The summed E-state index contributed by atoms with van der Waals surface area (Å²) in [6.45, 7) is 0. The van der Waals surface area contributed by atoms with E-state index in [0.717, 1.165) is 54.4 Å². The first-order valence-electron chi connectivity index (χ1n) is 14.1. The van der Waals surface area contributed by atoms with Gasteiger partial charge < -0.3 is 0 Å². The van der Waals surface area contributed by atoms with Gasteiger partial charge in [0, 0.05) is 32.3 Å². The van der Waals surface area contributed by atoms with Gasteiger partial charge in [0.1, 0.15) is 0 Å². The molecular weight excluding hydrogens is 534 g/mol. The summed E-state index contributed by atoms with van der Waals surface area (Å²) in [5, 5.41) is 8.58. The largest absolute Gasteiger partial charge is 0.292 e. The maximum absolute atomic E-state index is 13.6. The van der Waals surface area contributed by atoms with E-state index in [1.807, 2.05) is 106 Å². The van der Waals surface area contributed by atoms with Crippen LogP contribution in [-0.2, 0) is 0 Å². The van der Waals surface area contributed by atoms with Crippen molar-refractivity contribution in [2.45, 2.75) is 0 Å². The van der Waals surface area contributed by atoms with Crippen LogP contribution in [0.3, 0.4) is 0 Å². The summed E-state index contributed by atoms with van der Waals surface area (Å²) in [5.74, 6) is -0.862. The molecule has 3 heterocycles. The van der Waals surface area contributed by atoms with Crippen molar-refractivity contribution >= 4 is 77.6 Å². The van der Waals surface area contributed by atoms with Crippen LogP contribution in [0.2, 0.25) is 0 Å². The number of imide groups is 1. The Labute approximate surface area is 244 Å². The van der Waals surface area contributed by atoms with E-state index >= 15 is 0 Å². The third-order valence-corrected chi connectivity index (χ3v) is 8.50. The number of hydrogen-bond donors (Lipinski definition) is 3. The molecule has 2 aromatic heterocycles. The normalized spacial score (nSPS) is 12.9. The molecule has 0 aliphatic carbocycles. The summed E-state index contributed by atoms with van der Waals surface area (Å²) in [7, 11) is 0. The summed E-state index contributed by atoms with van der Waals surface area (Å²) >= 11 is 0. The van der Waals surface area contributed by atoms with Gasteiger partial charge in [-0.3, -0.25) is 35.1 Å². The summed E-state index contributed by atoms with van der Waals surface area (Å²) in [4.78, 5) is 27.1. The van der Waals surface area contributed by atoms with Crippen molar-refractivity contribution in [1.82, 2.24) is 14.7 Å². The van der Waals surface area contributed by atoms with Crippen LogP contribution in [0.25, 0.3) is 54.4 Å². The second kappa shape index (κ2) is 8.71. The van der Waals surface area contributed by atoms with Crippen LogP contribution in [0.5, 0.6) is 0 Å². The fourth-order valence-electron chi connectivity index (χ4n) is 6.66. The smallest absolute Gasteiger partial charge is 0.261 e. The van der Waals surface area contributed by atoms with Gasteiger partial charge >= 0.3 is 0 Å². The summed E-state index contributed by atoms with van der Waals surface area (Å²) in [6, 6.07) is 40.5. The average Bonchev–Trinajstić information content (AvgIpc) is 3.65. The van der Waals surface area contributed by atoms with E-state index in [-0.39, 0.29) is 0 Å². The van der Waals surface area contributed by atoms with Crippen LogP contribution < -0.4 is 16.2 Å². The van der Waals surface area contributed by atoms with Gasteiger partial charge in [-0.25, -0.2) is 0 Å². The first-order chi connectivity index (χ1) is 21.2. The minimum atomic E-state index is -0.431. The Morgan fingerprint density at radius 3 is 1.00 bits per heavy atom. The van der Waals surface area contributed by atoms with E-state index in [2.05, 4.69) is 40.4 Å². The molecule has 0 radical (unpaired) electrons. The molecule has 3 N–H and O–H groups in total. The summed E-state index contributed by atoms with van der Waals surface area (Å²) < 4.78 is 4.01. The van der Waals surface area contributed by atoms with E-state index in [1.54, 1.807) is 0 Å². The molecule has 2 amide bonds. The first-order valence-corrected chi connectivity index (χ1v) is 14.1. The zero-order chi connectivity index (χ0) is 28.7. The zero-order valence-corrected chi connectivity index (χ0v) is 22.8. The second-order valence-electron chi connectivity index (χ2n) is 10.8. The van der Waals surface area contributed by atoms with Crippen LogP contribution in [-0.4, -0.2) is 21.2 Å². The number of aromatic nitrogens is 2. The van der Waals surface area contributed by atoms with Gasteiger partial charge in [-0.05, 0) is 24.3 Å². The molecule has 9 rings (SSSR count). The minimum Gasteiger partial charge on any atom is -0.292 e. The average molecular weight is 558 g/mol. The highest BCUT2D eigenvalue weighted by molar-refractivity contribution is 6.31. The number of nitrogens with one attached hydrogen (secondary N) is 3. The lowest BCUT2D eigenvalue weighted by molar-refractivity contribution is 0.0880. The third kappa shape index (κ3) is 3.24. The molecule has 0 spiro atoms. The van der Waals surface area contributed by atoms with Crippen LogP contribution in [0.15, 0.2) is 121 Å². The number of carbonyl (C=O) groups excluding carboxylic acids is 2. The van der Waals surface area contributed by atoms with Crippen molar-refractivity contribution in [3.8, 4) is 0 Å². The van der Waals surface area contributed by atoms with Crippen molar-refractivity contribution in [2.75, 3.05) is 10.9 Å². The maximum atomic E-state index is 13.6. The highest BCUT2D eigenvalue weighted by atomic mass is 16.2. The zero-order valence-electron chi connectivity index (χ0n) is 22.8. The van der Waals surface area contributed by atoms with Crippen molar-refractivity contribution in [1.29, 1.82) is 0 Å². The monoisotopic (exact) mass is 557 g/mol. The van der Waals surface area contributed by atoms with Gasteiger partial charge in [-0.2, -0.15) is 0 Å². The molecule has 0 saturated heterocycles. The lowest BCUT2D eigenvalue weighted by Gasteiger charge is -2.21. The number of anilines is 2. The molecule has 0 fully saturated rings. The van der Waals surface area contributed by atoms with E-state index in [4.69, 9.17) is 0 Å². The SMILES string of the molecule is O=C1NC(=O)c2c1c(Nn1c3ccccc3c3ccccc31)c1ccccc1c2Nn1c2ccccc2c2ccccc21. The van der Waals surface area contributed by atoms with Gasteiger partial charge in [0.15, 0.2) is 0 Å². The van der Waals surface area contributed by atoms with Crippen LogP contribution in [0, 0.1) is 0 Å². The lowest BCUT2D eigenvalue weighted by Crippen LogP contribution is -2.21. The second-order valence-corrected chi connectivity index (χ2v) is 10.8. The number of para-hydroxylation sites is 4. The van der Waals surface area contributed by atoms with Crippen molar-refractivity contribution in [3.63, 3.8) is 0 Å². The number of hydrogen-bond acceptors (Lipinski definition) is 4. The maximum Gasteiger partial charge on any atom is 0.261 e. The Hall–Kier alpha value is -6.08. The molecule has 43 heavy (non-hydrogen) atoms. The van der Waals surface area contributed by atoms with Gasteiger partial charge in [0.05, 0.1) is 44.6 Å². The van der Waals surface area contributed by atoms with Crippen molar-refractivity contribution in [3.05, 3.63) is 132 Å². The van der Waals surface area contributed by atoms with E-state index in [9.17, 15) is 9.59 Å². The predicted molar refractivity (Wildman–Crippen MR) is 173 cm³/mol. The van der Waals surface area contributed by atoms with Crippen LogP contribution in [0.4, 0.5) is 11.4 Å². The number of amides is 2. The quantitative estimate of drug-likeness (QED) is 0.153. The number of rotatable bonds is 4. The lowest BCUT2D eigenvalue weighted by atomic mass is 9.97. The van der Waals surface area contributed by atoms with Crippen molar-refractivity contribution in [2.24, 2.45) is 0 Å². The Balaban J connectivity index is 1.33. The van der Waals surface area contributed by atoms with Gasteiger partial charge in [0.2, 0.25) is 0 Å². The molecular formula is C36H23N5O2. The molecule has 0 atom stereocenters. The molecule has 6 aromatic carbocycles. The number of nitrogens with zero attached hydrogens (tertiary/aromatic N) is 2.